The van der Waals surface area contributed by atoms with Gasteiger partial charge in [0.25, 0.3) is 5.91 Å². The van der Waals surface area contributed by atoms with Crippen molar-refractivity contribution in [2.45, 2.75) is 44.6 Å². The summed E-state index contributed by atoms with van der Waals surface area (Å²) in [5, 5.41) is 0. The highest BCUT2D eigenvalue weighted by atomic mass is 32.1. The number of nitrogens with zero attached hydrogens (tertiary/aromatic N) is 4. The van der Waals surface area contributed by atoms with E-state index in [1.165, 1.54) is 0 Å². The molecule has 4 heterocycles. The van der Waals surface area contributed by atoms with Gasteiger partial charge in [-0.25, -0.2) is 0 Å². The van der Waals surface area contributed by atoms with Crippen LogP contribution < -0.4 is 0 Å². The molecule has 0 saturated carbocycles. The number of hydrogen-bond acceptors (Lipinski definition) is 5. The summed E-state index contributed by atoms with van der Waals surface area (Å²) in [6, 6.07) is 4.07. The first kappa shape index (κ1) is 18.1. The van der Waals surface area contributed by atoms with Crippen molar-refractivity contribution >= 4 is 23.2 Å². The lowest BCUT2D eigenvalue weighted by atomic mass is 10.1. The van der Waals surface area contributed by atoms with Crippen molar-refractivity contribution in [1.29, 1.82) is 0 Å². The van der Waals surface area contributed by atoms with Crippen molar-refractivity contribution in [1.82, 2.24) is 19.8 Å². The Morgan fingerprint density at radius 3 is 2.74 bits per heavy atom. The van der Waals surface area contributed by atoms with Crippen molar-refractivity contribution in [3.05, 3.63) is 46.2 Å². The number of carbonyl (C=O) groups excluding carboxylic acids is 2. The predicted octanol–water partition coefficient (Wildman–Crippen LogP) is 3.07. The van der Waals surface area contributed by atoms with E-state index in [9.17, 15) is 9.59 Å². The largest absolute Gasteiger partial charge is 0.338 e. The van der Waals surface area contributed by atoms with E-state index in [-0.39, 0.29) is 17.9 Å². The summed E-state index contributed by atoms with van der Waals surface area (Å²) in [6.45, 7) is 2.52. The van der Waals surface area contributed by atoms with Crippen LogP contribution in [0, 0.1) is 0 Å². The minimum atomic E-state index is 0.101. The van der Waals surface area contributed by atoms with Gasteiger partial charge in [0, 0.05) is 49.5 Å². The van der Waals surface area contributed by atoms with Crippen LogP contribution in [0.3, 0.4) is 0 Å². The summed E-state index contributed by atoms with van der Waals surface area (Å²) >= 11 is 1.55. The van der Waals surface area contributed by atoms with E-state index < -0.39 is 0 Å². The molecular formula is C20H24N4O2S. The highest BCUT2D eigenvalue weighted by molar-refractivity contribution is 7.14. The van der Waals surface area contributed by atoms with E-state index in [1.807, 2.05) is 21.9 Å². The third kappa shape index (κ3) is 4.03. The number of likely N-dealkylation sites (tertiary alicyclic amines) is 2. The number of thiophene rings is 1. The van der Waals surface area contributed by atoms with Gasteiger partial charge in [-0.3, -0.25) is 19.6 Å². The van der Waals surface area contributed by atoms with Gasteiger partial charge in [0.2, 0.25) is 5.91 Å². The highest BCUT2D eigenvalue weighted by Gasteiger charge is 2.31. The molecule has 2 fully saturated rings. The fraction of sp³-hybridized carbons (Fsp3) is 0.500. The van der Waals surface area contributed by atoms with Crippen molar-refractivity contribution in [2.75, 3.05) is 19.6 Å². The Morgan fingerprint density at radius 1 is 1.11 bits per heavy atom. The molecule has 2 aromatic heterocycles. The molecule has 2 amide bonds. The monoisotopic (exact) mass is 384 g/mol. The fourth-order valence-electron chi connectivity index (χ4n) is 3.92. The zero-order valence-corrected chi connectivity index (χ0v) is 16.2. The number of hydrogen-bond donors (Lipinski definition) is 0. The number of aromatic nitrogens is 2. The highest BCUT2D eigenvalue weighted by Crippen LogP contribution is 2.36. The van der Waals surface area contributed by atoms with Crippen LogP contribution in [0.2, 0.25) is 0 Å². The molecule has 0 aliphatic carbocycles. The van der Waals surface area contributed by atoms with Crippen LogP contribution in [0.4, 0.5) is 0 Å². The van der Waals surface area contributed by atoms with E-state index in [1.54, 1.807) is 29.9 Å². The minimum Gasteiger partial charge on any atom is -0.338 e. The molecule has 7 heteroatoms. The second-order valence-corrected chi connectivity index (χ2v) is 8.26. The Labute approximate surface area is 163 Å². The molecule has 2 aliphatic rings. The molecule has 2 saturated heterocycles. The smallest absolute Gasteiger partial charge is 0.263 e. The predicted molar refractivity (Wildman–Crippen MR) is 103 cm³/mol. The van der Waals surface area contributed by atoms with E-state index in [0.29, 0.717) is 12.8 Å². The quantitative estimate of drug-likeness (QED) is 0.795. The number of aryl methyl sites for hydroxylation is 1. The SMILES string of the molecule is O=C(c1ccc([C@@H]2CCCN2C(=O)CCc2cnccn2)s1)N1CCCC1. The molecule has 27 heavy (non-hydrogen) atoms. The minimum absolute atomic E-state index is 0.101. The summed E-state index contributed by atoms with van der Waals surface area (Å²) < 4.78 is 0. The maximum absolute atomic E-state index is 12.8. The summed E-state index contributed by atoms with van der Waals surface area (Å²) in [5.74, 6) is 0.297. The summed E-state index contributed by atoms with van der Waals surface area (Å²) in [5.41, 5.74) is 0.844. The molecule has 142 valence electrons. The molecule has 2 aromatic rings. The topological polar surface area (TPSA) is 66.4 Å². The molecule has 0 aromatic carbocycles. The molecule has 6 nitrogen and oxygen atoms in total. The maximum Gasteiger partial charge on any atom is 0.263 e. The van der Waals surface area contributed by atoms with Gasteiger partial charge in [0.1, 0.15) is 0 Å². The van der Waals surface area contributed by atoms with E-state index >= 15 is 0 Å². The van der Waals surface area contributed by atoms with Crippen molar-refractivity contribution in [2.24, 2.45) is 0 Å². The lowest BCUT2D eigenvalue weighted by Gasteiger charge is -2.24. The standard InChI is InChI=1S/C20H24N4O2S/c25-19(8-5-15-14-21-9-10-22-15)24-13-3-4-16(24)17-6-7-18(27-17)20(26)23-11-1-2-12-23/h6-7,9-10,14,16H,1-5,8,11-13H2/t16-/m0/s1. The molecule has 0 unspecified atom stereocenters. The molecular weight excluding hydrogens is 360 g/mol. The first-order valence-electron chi connectivity index (χ1n) is 9.66. The van der Waals surface area contributed by atoms with Gasteiger partial charge in [0.15, 0.2) is 0 Å². The zero-order valence-electron chi connectivity index (χ0n) is 15.3. The average molecular weight is 385 g/mol. The fourth-order valence-corrected chi connectivity index (χ4v) is 5.05. The summed E-state index contributed by atoms with van der Waals surface area (Å²) in [7, 11) is 0. The molecule has 1 atom stereocenters. The van der Waals surface area contributed by atoms with Gasteiger partial charge >= 0.3 is 0 Å². The van der Waals surface area contributed by atoms with E-state index in [0.717, 1.165) is 60.8 Å². The molecule has 0 N–H and O–H groups in total. The third-order valence-corrected chi connectivity index (χ3v) is 6.52. The first-order valence-corrected chi connectivity index (χ1v) is 10.5. The lowest BCUT2D eigenvalue weighted by molar-refractivity contribution is -0.132. The van der Waals surface area contributed by atoms with Crippen molar-refractivity contribution in [3.8, 4) is 0 Å². The maximum atomic E-state index is 12.8. The van der Waals surface area contributed by atoms with Crippen LogP contribution in [0.5, 0.6) is 0 Å². The van der Waals surface area contributed by atoms with Gasteiger partial charge in [-0.05, 0) is 44.2 Å². The Morgan fingerprint density at radius 2 is 1.96 bits per heavy atom. The van der Waals surface area contributed by atoms with Gasteiger partial charge in [-0.1, -0.05) is 0 Å². The van der Waals surface area contributed by atoms with Crippen molar-refractivity contribution < 1.29 is 9.59 Å². The van der Waals surface area contributed by atoms with Crippen LogP contribution in [0.25, 0.3) is 0 Å². The zero-order chi connectivity index (χ0) is 18.6. The van der Waals surface area contributed by atoms with Crippen LogP contribution in [-0.2, 0) is 11.2 Å². The molecule has 0 bridgehead atoms. The lowest BCUT2D eigenvalue weighted by Crippen LogP contribution is -2.30. The second-order valence-electron chi connectivity index (χ2n) is 7.14. The molecule has 2 aliphatic heterocycles. The number of amides is 2. The van der Waals surface area contributed by atoms with Crippen LogP contribution >= 0.6 is 11.3 Å². The Balaban J connectivity index is 1.40. The second kappa shape index (κ2) is 8.17. The van der Waals surface area contributed by atoms with Gasteiger partial charge in [-0.2, -0.15) is 0 Å². The molecule has 0 spiro atoms. The Hall–Kier alpha value is -2.28. The third-order valence-electron chi connectivity index (χ3n) is 5.34. The van der Waals surface area contributed by atoms with Crippen LogP contribution in [0.1, 0.15) is 58.4 Å². The number of rotatable bonds is 5. The Bertz CT molecular complexity index is 801. The van der Waals surface area contributed by atoms with Crippen LogP contribution in [0.15, 0.2) is 30.7 Å². The Kier molecular flexibility index (Phi) is 5.48. The summed E-state index contributed by atoms with van der Waals surface area (Å²) in [4.78, 5) is 39.5. The van der Waals surface area contributed by atoms with Gasteiger partial charge in [0.05, 0.1) is 16.6 Å². The van der Waals surface area contributed by atoms with Crippen LogP contribution in [-0.4, -0.2) is 51.2 Å². The van der Waals surface area contributed by atoms with E-state index in [2.05, 4.69) is 9.97 Å². The summed E-state index contributed by atoms with van der Waals surface area (Å²) in [6.07, 6.45) is 10.2. The normalized spacial score (nSPS) is 19.6. The first-order chi connectivity index (χ1) is 13.2. The van der Waals surface area contributed by atoms with E-state index in [4.69, 9.17) is 0 Å². The molecule has 0 radical (unpaired) electrons. The van der Waals surface area contributed by atoms with Gasteiger partial charge in [-0.15, -0.1) is 11.3 Å². The average Bonchev–Trinajstić information content (AvgIpc) is 3.47. The molecule has 4 rings (SSSR count). The van der Waals surface area contributed by atoms with Gasteiger partial charge < -0.3 is 9.80 Å². The van der Waals surface area contributed by atoms with Crippen molar-refractivity contribution in [3.63, 3.8) is 0 Å². The number of carbonyl (C=O) groups is 2.